The molecule has 1 amide bonds. The Kier molecular flexibility index (Phi) is 3.88. The van der Waals surface area contributed by atoms with Crippen molar-refractivity contribution in [3.05, 3.63) is 0 Å². The predicted octanol–water partition coefficient (Wildman–Crippen LogP) is 1.78. The summed E-state index contributed by atoms with van der Waals surface area (Å²) in [4.78, 5) is 23.4. The van der Waals surface area contributed by atoms with Gasteiger partial charge in [0.2, 0.25) is 0 Å². The fourth-order valence-electron chi connectivity index (χ4n) is 1.57. The summed E-state index contributed by atoms with van der Waals surface area (Å²) in [5.41, 5.74) is -0.579. The Labute approximate surface area is 94.7 Å². The number of amides is 1. The number of halogens is 1. The molecule has 2 atom stereocenters. The molecule has 1 heterocycles. The molecule has 0 bridgehead atoms. The van der Waals surface area contributed by atoms with E-state index in [1.54, 1.807) is 20.8 Å². The minimum Gasteiger partial charge on any atom is -0.444 e. The van der Waals surface area contributed by atoms with Crippen LogP contribution in [0.15, 0.2) is 0 Å². The Bertz CT molecular complexity index is 275. The molecule has 0 aromatic heterocycles. The molecule has 0 aromatic carbocycles. The largest absolute Gasteiger partial charge is 0.444 e. The smallest absolute Gasteiger partial charge is 0.410 e. The molecule has 1 rings (SSSR count). The van der Waals surface area contributed by atoms with Crippen LogP contribution >= 0.6 is 0 Å². The van der Waals surface area contributed by atoms with Gasteiger partial charge >= 0.3 is 6.09 Å². The zero-order valence-corrected chi connectivity index (χ0v) is 9.90. The van der Waals surface area contributed by atoms with Crippen LogP contribution < -0.4 is 0 Å². The number of likely N-dealkylation sites (tertiary alicyclic amines) is 1. The third kappa shape index (κ3) is 3.47. The van der Waals surface area contributed by atoms with Gasteiger partial charge in [0.25, 0.3) is 0 Å². The van der Waals surface area contributed by atoms with Crippen molar-refractivity contribution in [3.63, 3.8) is 0 Å². The van der Waals surface area contributed by atoms with Gasteiger partial charge in [0.1, 0.15) is 18.1 Å². The zero-order chi connectivity index (χ0) is 12.3. The molecule has 2 unspecified atom stereocenters. The number of hydrogen-bond acceptors (Lipinski definition) is 3. The van der Waals surface area contributed by atoms with Gasteiger partial charge in [0.05, 0.1) is 6.54 Å². The predicted molar refractivity (Wildman–Crippen MR) is 56.9 cm³/mol. The Balaban J connectivity index is 2.51. The maximum Gasteiger partial charge on any atom is 0.410 e. The quantitative estimate of drug-likeness (QED) is 0.646. The first-order valence-electron chi connectivity index (χ1n) is 5.41. The van der Waals surface area contributed by atoms with E-state index in [4.69, 9.17) is 4.74 Å². The van der Waals surface area contributed by atoms with Gasteiger partial charge in [-0.3, -0.25) is 0 Å². The monoisotopic (exact) mass is 231 g/mol. The third-order valence-corrected chi connectivity index (χ3v) is 2.42. The average Bonchev–Trinajstić information content (AvgIpc) is 2.15. The van der Waals surface area contributed by atoms with E-state index in [0.29, 0.717) is 19.3 Å². The molecule has 0 spiro atoms. The number of ether oxygens (including phenoxy) is 1. The maximum absolute atomic E-state index is 13.4. The minimum absolute atomic E-state index is 0.0572. The number of aldehydes is 1. The van der Waals surface area contributed by atoms with Gasteiger partial charge < -0.3 is 14.4 Å². The lowest BCUT2D eigenvalue weighted by Gasteiger charge is -2.33. The van der Waals surface area contributed by atoms with Crippen LogP contribution in [-0.4, -0.2) is 42.1 Å². The fraction of sp³-hybridized carbons (Fsp3) is 0.818. The first-order valence-corrected chi connectivity index (χ1v) is 5.41. The van der Waals surface area contributed by atoms with Crippen molar-refractivity contribution < 1.29 is 18.7 Å². The molecule has 1 fully saturated rings. The van der Waals surface area contributed by atoms with Gasteiger partial charge in [-0.2, -0.15) is 0 Å². The summed E-state index contributed by atoms with van der Waals surface area (Å²) in [6.07, 6.45) is -0.806. The lowest BCUT2D eigenvalue weighted by molar-refractivity contribution is -0.114. The third-order valence-electron chi connectivity index (χ3n) is 2.42. The van der Waals surface area contributed by atoms with E-state index in [9.17, 15) is 14.0 Å². The van der Waals surface area contributed by atoms with Crippen LogP contribution in [0.2, 0.25) is 0 Å². The Morgan fingerprint density at radius 1 is 1.50 bits per heavy atom. The molecule has 16 heavy (non-hydrogen) atoms. The number of piperidine rings is 1. The van der Waals surface area contributed by atoms with Gasteiger partial charge in [-0.1, -0.05) is 0 Å². The number of nitrogens with zero attached hydrogens (tertiary/aromatic N) is 1. The standard InChI is InChI=1S/C11H18FNO3/c1-11(2,3)16-10(15)13-5-4-8(7-14)9(12)6-13/h7-9H,4-6H2,1-3H3. The van der Waals surface area contributed by atoms with Crippen molar-refractivity contribution in [1.29, 1.82) is 0 Å². The second-order valence-corrected chi connectivity index (χ2v) is 5.03. The van der Waals surface area contributed by atoms with E-state index in [1.165, 1.54) is 4.90 Å². The molecule has 5 heteroatoms. The Morgan fingerprint density at radius 3 is 2.56 bits per heavy atom. The Morgan fingerprint density at radius 2 is 2.12 bits per heavy atom. The summed E-state index contributed by atoms with van der Waals surface area (Å²) in [5.74, 6) is -0.585. The average molecular weight is 231 g/mol. The molecule has 4 nitrogen and oxygen atoms in total. The summed E-state index contributed by atoms with van der Waals surface area (Å²) >= 11 is 0. The van der Waals surface area contributed by atoms with Gasteiger partial charge in [-0.15, -0.1) is 0 Å². The number of hydrogen-bond donors (Lipinski definition) is 0. The summed E-state index contributed by atoms with van der Waals surface area (Å²) in [6.45, 7) is 5.60. The first-order chi connectivity index (χ1) is 7.33. The highest BCUT2D eigenvalue weighted by Gasteiger charge is 2.33. The van der Waals surface area contributed by atoms with Crippen molar-refractivity contribution in [1.82, 2.24) is 4.90 Å². The molecule has 1 aliphatic heterocycles. The molecule has 1 saturated heterocycles. The maximum atomic E-state index is 13.4. The van der Waals surface area contributed by atoms with Crippen molar-refractivity contribution in [2.45, 2.75) is 39.0 Å². The van der Waals surface area contributed by atoms with Crippen LogP contribution in [0.25, 0.3) is 0 Å². The highest BCUT2D eigenvalue weighted by molar-refractivity contribution is 5.68. The van der Waals surface area contributed by atoms with E-state index in [-0.39, 0.29) is 6.54 Å². The van der Waals surface area contributed by atoms with Crippen molar-refractivity contribution in [2.24, 2.45) is 5.92 Å². The van der Waals surface area contributed by atoms with E-state index < -0.39 is 23.8 Å². The van der Waals surface area contributed by atoms with Crippen molar-refractivity contribution in [3.8, 4) is 0 Å². The summed E-state index contributed by atoms with van der Waals surface area (Å²) in [6, 6.07) is 0. The van der Waals surface area contributed by atoms with Crippen molar-refractivity contribution in [2.75, 3.05) is 13.1 Å². The van der Waals surface area contributed by atoms with Crippen LogP contribution in [-0.2, 0) is 9.53 Å². The summed E-state index contributed by atoms with van der Waals surface area (Å²) in [7, 11) is 0. The molecule has 0 N–H and O–H groups in total. The van der Waals surface area contributed by atoms with E-state index in [2.05, 4.69) is 0 Å². The molecule has 0 aromatic rings. The topological polar surface area (TPSA) is 46.6 Å². The summed E-state index contributed by atoms with van der Waals surface area (Å²) < 4.78 is 18.5. The second-order valence-electron chi connectivity index (χ2n) is 5.03. The zero-order valence-electron chi connectivity index (χ0n) is 9.90. The fourth-order valence-corrected chi connectivity index (χ4v) is 1.57. The van der Waals surface area contributed by atoms with Crippen LogP contribution in [0, 0.1) is 5.92 Å². The van der Waals surface area contributed by atoms with Crippen LogP contribution in [0.1, 0.15) is 27.2 Å². The molecule has 0 aliphatic carbocycles. The van der Waals surface area contributed by atoms with Crippen LogP contribution in [0.5, 0.6) is 0 Å². The van der Waals surface area contributed by atoms with Crippen LogP contribution in [0.4, 0.5) is 9.18 Å². The lowest BCUT2D eigenvalue weighted by atomic mass is 9.97. The number of carbonyl (C=O) groups is 2. The minimum atomic E-state index is -1.28. The van der Waals surface area contributed by atoms with E-state index >= 15 is 0 Å². The first kappa shape index (κ1) is 12.9. The number of rotatable bonds is 1. The SMILES string of the molecule is CC(C)(C)OC(=O)N1CCC(C=O)C(F)C1. The van der Waals surface area contributed by atoms with Gasteiger partial charge in [0, 0.05) is 12.5 Å². The van der Waals surface area contributed by atoms with Crippen molar-refractivity contribution >= 4 is 12.4 Å². The van der Waals surface area contributed by atoms with E-state index in [0.717, 1.165) is 0 Å². The van der Waals surface area contributed by atoms with Gasteiger partial charge in [0.15, 0.2) is 0 Å². The molecular weight excluding hydrogens is 213 g/mol. The molecule has 1 aliphatic rings. The summed E-state index contributed by atoms with van der Waals surface area (Å²) in [5, 5.41) is 0. The molecule has 0 radical (unpaired) electrons. The second kappa shape index (κ2) is 4.80. The molecule has 92 valence electrons. The van der Waals surface area contributed by atoms with E-state index in [1.807, 2.05) is 0 Å². The van der Waals surface area contributed by atoms with Gasteiger partial charge in [-0.05, 0) is 27.2 Å². The van der Waals surface area contributed by atoms with Gasteiger partial charge in [-0.25, -0.2) is 9.18 Å². The highest BCUT2D eigenvalue weighted by atomic mass is 19.1. The number of alkyl halides is 1. The Hall–Kier alpha value is -1.13. The molecule has 0 saturated carbocycles. The lowest BCUT2D eigenvalue weighted by Crippen LogP contribution is -2.47. The van der Waals surface area contributed by atoms with Crippen LogP contribution in [0.3, 0.4) is 0 Å². The normalized spacial score (nSPS) is 26.4. The molecular formula is C11H18FNO3. The number of carbonyl (C=O) groups excluding carboxylic acids is 2. The highest BCUT2D eigenvalue weighted by Crippen LogP contribution is 2.20.